The van der Waals surface area contributed by atoms with Crippen molar-refractivity contribution in [1.82, 2.24) is 0 Å². The van der Waals surface area contributed by atoms with E-state index in [2.05, 4.69) is 0 Å². The summed E-state index contributed by atoms with van der Waals surface area (Å²) in [5.41, 5.74) is 0. The van der Waals surface area contributed by atoms with Crippen molar-refractivity contribution in [2.45, 2.75) is 12.8 Å². The molecule has 0 saturated heterocycles. The zero-order chi connectivity index (χ0) is 9.19. The maximum atomic E-state index is 11.3. The van der Waals surface area contributed by atoms with Gasteiger partial charge in [0, 0.05) is 0 Å². The van der Waals surface area contributed by atoms with Gasteiger partial charge in [-0.25, -0.2) is 0 Å². The van der Waals surface area contributed by atoms with Crippen molar-refractivity contribution in [2.75, 3.05) is 0 Å². The van der Waals surface area contributed by atoms with Crippen LogP contribution in [0.4, 0.5) is 0 Å². The van der Waals surface area contributed by atoms with Gasteiger partial charge in [0.1, 0.15) is 0 Å². The first-order chi connectivity index (χ1) is 6.79. The Morgan fingerprint density at radius 2 is 1.50 bits per heavy atom. The average Bonchev–Trinajstić information content (AvgIpc) is 2.60. The lowest BCUT2D eigenvalue weighted by atomic mass is 9.57. The van der Waals surface area contributed by atoms with Gasteiger partial charge in [0.15, 0.2) is 0 Å². The lowest BCUT2D eigenvalue weighted by molar-refractivity contribution is -0.150. The third kappa shape index (κ3) is 0.409. The second-order valence-electron chi connectivity index (χ2n) is 6.30. The highest BCUT2D eigenvalue weighted by Gasteiger charge is 2.81. The van der Waals surface area contributed by atoms with Crippen LogP contribution in [0.3, 0.4) is 0 Å². The fraction of sp³-hybridized carbons (Fsp3) is 0.917. The van der Waals surface area contributed by atoms with E-state index in [1.165, 1.54) is 12.8 Å². The molecule has 2 heteroatoms. The number of hydrogen-bond acceptors (Lipinski definition) is 1. The molecular formula is C12H14O2. The van der Waals surface area contributed by atoms with Crippen LogP contribution in [0, 0.1) is 53.3 Å². The van der Waals surface area contributed by atoms with E-state index in [0.717, 1.165) is 35.5 Å². The van der Waals surface area contributed by atoms with Crippen LogP contribution in [-0.2, 0) is 4.79 Å². The minimum Gasteiger partial charge on any atom is -0.481 e. The lowest BCUT2D eigenvalue weighted by Gasteiger charge is -2.46. The second kappa shape index (κ2) is 1.66. The molecule has 0 spiro atoms. The zero-order valence-electron chi connectivity index (χ0n) is 7.97. The average molecular weight is 190 g/mol. The molecule has 0 aromatic heterocycles. The van der Waals surface area contributed by atoms with Gasteiger partial charge in [-0.1, -0.05) is 0 Å². The highest BCUT2D eigenvalue weighted by Crippen LogP contribution is 2.84. The van der Waals surface area contributed by atoms with E-state index in [-0.39, 0.29) is 5.92 Å². The van der Waals surface area contributed by atoms with Crippen molar-refractivity contribution < 1.29 is 9.90 Å². The molecule has 0 aliphatic heterocycles. The molecule has 1 N–H and O–H groups in total. The summed E-state index contributed by atoms with van der Waals surface area (Å²) in [7, 11) is 0. The van der Waals surface area contributed by atoms with Gasteiger partial charge in [-0.3, -0.25) is 4.79 Å². The number of aliphatic carboxylic acids is 1. The molecule has 0 radical (unpaired) electrons. The molecule has 5 rings (SSSR count). The van der Waals surface area contributed by atoms with Crippen molar-refractivity contribution in [3.05, 3.63) is 0 Å². The minimum atomic E-state index is -0.469. The monoisotopic (exact) mass is 190 g/mol. The quantitative estimate of drug-likeness (QED) is 0.679. The molecule has 0 aromatic carbocycles. The van der Waals surface area contributed by atoms with Crippen LogP contribution < -0.4 is 0 Å². The highest BCUT2D eigenvalue weighted by molar-refractivity contribution is 5.73. The Balaban J connectivity index is 1.75. The molecule has 5 saturated carbocycles. The van der Waals surface area contributed by atoms with Gasteiger partial charge >= 0.3 is 5.97 Å². The van der Waals surface area contributed by atoms with Crippen molar-refractivity contribution in [3.8, 4) is 0 Å². The molecule has 9 atom stereocenters. The molecule has 14 heavy (non-hydrogen) atoms. The SMILES string of the molecule is O=C(O)[C@H]1[C@@H]2[C@H]3C[C@@H]4[C@H]5[C@H]3C[C@@H]2[C@@H]5[C@H]41. The van der Waals surface area contributed by atoms with E-state index < -0.39 is 5.97 Å². The standard InChI is InChI=1S/C12H14O2/c13-12(14)11-8-4-2-5-7-3(4)1-6(8)9(7)10(5)11/h3-11H,1-2H2,(H,13,14)/t3-,4-,5+,6-,7+,8+,9-,10-,11-/m0/s1. The second-order valence-corrected chi connectivity index (χ2v) is 6.30. The molecule has 74 valence electrons. The summed E-state index contributed by atoms with van der Waals surface area (Å²) in [6.45, 7) is 0. The highest BCUT2D eigenvalue weighted by atomic mass is 16.4. The van der Waals surface area contributed by atoms with Gasteiger partial charge in [0.05, 0.1) is 5.92 Å². The smallest absolute Gasteiger partial charge is 0.307 e. The van der Waals surface area contributed by atoms with Gasteiger partial charge in [0.2, 0.25) is 0 Å². The third-order valence-electron chi connectivity index (χ3n) is 6.61. The Kier molecular flexibility index (Phi) is 0.812. The topological polar surface area (TPSA) is 37.3 Å². The first-order valence-corrected chi connectivity index (χ1v) is 6.02. The van der Waals surface area contributed by atoms with Gasteiger partial charge in [-0.2, -0.15) is 0 Å². The van der Waals surface area contributed by atoms with Crippen LogP contribution in [0.15, 0.2) is 0 Å². The van der Waals surface area contributed by atoms with Crippen LogP contribution in [-0.4, -0.2) is 11.1 Å². The van der Waals surface area contributed by atoms with Gasteiger partial charge < -0.3 is 5.11 Å². The molecule has 2 nitrogen and oxygen atoms in total. The fourth-order valence-corrected chi connectivity index (χ4v) is 6.80. The van der Waals surface area contributed by atoms with Crippen molar-refractivity contribution in [1.29, 1.82) is 0 Å². The Morgan fingerprint density at radius 3 is 2.21 bits per heavy atom. The fourth-order valence-electron chi connectivity index (χ4n) is 6.80. The molecule has 2 bridgehead atoms. The van der Waals surface area contributed by atoms with Crippen LogP contribution in [0.5, 0.6) is 0 Å². The van der Waals surface area contributed by atoms with E-state index in [9.17, 15) is 9.90 Å². The van der Waals surface area contributed by atoms with Crippen LogP contribution in [0.1, 0.15) is 12.8 Å². The van der Waals surface area contributed by atoms with Gasteiger partial charge in [0.25, 0.3) is 0 Å². The molecule has 0 amide bonds. The Bertz CT molecular complexity index is 357. The molecule has 0 heterocycles. The number of carboxylic acid groups (broad SMARTS) is 1. The van der Waals surface area contributed by atoms with Gasteiger partial charge in [-0.05, 0) is 60.2 Å². The Morgan fingerprint density at radius 1 is 0.857 bits per heavy atom. The maximum Gasteiger partial charge on any atom is 0.307 e. The Hall–Kier alpha value is -0.530. The normalized spacial score (nSPS) is 74.4. The molecule has 0 unspecified atom stereocenters. The lowest BCUT2D eigenvalue weighted by Crippen LogP contribution is -2.45. The molecule has 5 aliphatic carbocycles. The predicted molar refractivity (Wildman–Crippen MR) is 48.3 cm³/mol. The number of hydrogen-bond donors (Lipinski definition) is 1. The molecule has 5 aliphatic rings. The van der Waals surface area contributed by atoms with E-state index in [1.807, 2.05) is 0 Å². The number of carbonyl (C=O) groups is 1. The number of carboxylic acids is 1. The first-order valence-electron chi connectivity index (χ1n) is 6.02. The summed E-state index contributed by atoms with van der Waals surface area (Å²) >= 11 is 0. The Labute approximate surface area is 82.7 Å². The first kappa shape index (κ1) is 6.86. The summed E-state index contributed by atoms with van der Waals surface area (Å²) in [6.07, 6.45) is 2.81. The minimum absolute atomic E-state index is 0.0810. The maximum absolute atomic E-state index is 11.3. The van der Waals surface area contributed by atoms with Crippen LogP contribution in [0.2, 0.25) is 0 Å². The summed E-state index contributed by atoms with van der Waals surface area (Å²) in [6, 6.07) is 0. The van der Waals surface area contributed by atoms with Gasteiger partial charge in [-0.15, -0.1) is 0 Å². The van der Waals surface area contributed by atoms with E-state index in [0.29, 0.717) is 11.8 Å². The summed E-state index contributed by atoms with van der Waals surface area (Å²) < 4.78 is 0. The van der Waals surface area contributed by atoms with Crippen LogP contribution >= 0.6 is 0 Å². The number of rotatable bonds is 1. The summed E-state index contributed by atoms with van der Waals surface area (Å²) in [5.74, 6) is 6.22. The molecular weight excluding hydrogens is 176 g/mol. The predicted octanol–water partition coefficient (Wildman–Crippen LogP) is 1.47. The van der Waals surface area contributed by atoms with Crippen LogP contribution in [0.25, 0.3) is 0 Å². The van der Waals surface area contributed by atoms with Crippen molar-refractivity contribution in [2.24, 2.45) is 53.3 Å². The van der Waals surface area contributed by atoms with E-state index >= 15 is 0 Å². The van der Waals surface area contributed by atoms with Crippen molar-refractivity contribution >= 4 is 5.97 Å². The number of fused-ring (bicyclic) bond motifs is 2. The van der Waals surface area contributed by atoms with Crippen molar-refractivity contribution in [3.63, 3.8) is 0 Å². The summed E-state index contributed by atoms with van der Waals surface area (Å²) in [5, 5.41) is 9.33. The molecule has 0 aromatic rings. The van der Waals surface area contributed by atoms with E-state index in [1.54, 1.807) is 0 Å². The third-order valence-corrected chi connectivity index (χ3v) is 6.61. The zero-order valence-corrected chi connectivity index (χ0v) is 7.97. The summed E-state index contributed by atoms with van der Waals surface area (Å²) in [4.78, 5) is 11.3. The van der Waals surface area contributed by atoms with E-state index in [4.69, 9.17) is 0 Å². The molecule has 5 fully saturated rings. The largest absolute Gasteiger partial charge is 0.481 e.